The third-order valence-electron chi connectivity index (χ3n) is 1.21. The van der Waals surface area contributed by atoms with Crippen LogP contribution in [0.1, 0.15) is 13.3 Å². The number of H-pyrrole nitrogens is 2. The Labute approximate surface area is 62.9 Å². The van der Waals surface area contributed by atoms with Gasteiger partial charge in [-0.2, -0.15) is 0 Å². The minimum atomic E-state index is -0.160. The van der Waals surface area contributed by atoms with Crippen molar-refractivity contribution in [2.75, 3.05) is 0 Å². The lowest BCUT2D eigenvalue weighted by atomic mass is 10.5. The average molecular weight is 159 g/mol. The summed E-state index contributed by atoms with van der Waals surface area (Å²) in [6.07, 6.45) is 0.912. The highest BCUT2D eigenvalue weighted by molar-refractivity contribution is 7.71. The van der Waals surface area contributed by atoms with Gasteiger partial charge < -0.3 is 0 Å². The highest BCUT2D eigenvalue weighted by Crippen LogP contribution is 1.84. The number of hydrogen-bond donors (Lipinski definition) is 2. The molecule has 0 aliphatic carbocycles. The van der Waals surface area contributed by atoms with Crippen LogP contribution in [-0.2, 0) is 6.54 Å². The topological polar surface area (TPSA) is 53.6 Å². The fourth-order valence-corrected chi connectivity index (χ4v) is 0.986. The number of rotatable bonds is 2. The molecule has 2 N–H and O–H groups in total. The summed E-state index contributed by atoms with van der Waals surface area (Å²) >= 11 is 4.81. The van der Waals surface area contributed by atoms with Crippen molar-refractivity contribution in [2.24, 2.45) is 0 Å². The Balaban J connectivity index is 3.11. The Kier molecular flexibility index (Phi) is 2.06. The summed E-state index contributed by atoms with van der Waals surface area (Å²) in [6.45, 7) is 2.67. The van der Waals surface area contributed by atoms with Crippen molar-refractivity contribution in [1.29, 1.82) is 0 Å². The van der Waals surface area contributed by atoms with Gasteiger partial charge in [-0.1, -0.05) is 6.92 Å². The SMILES string of the molecule is CCCn1c(=O)[nH][nH]c1=S. The molecule has 0 unspecified atom stereocenters. The van der Waals surface area contributed by atoms with Gasteiger partial charge in [0, 0.05) is 6.54 Å². The van der Waals surface area contributed by atoms with Crippen LogP contribution in [-0.4, -0.2) is 14.8 Å². The molecule has 4 nitrogen and oxygen atoms in total. The number of nitrogens with one attached hydrogen (secondary N) is 2. The predicted molar refractivity (Wildman–Crippen MR) is 40.5 cm³/mol. The van der Waals surface area contributed by atoms with E-state index in [2.05, 4.69) is 10.2 Å². The van der Waals surface area contributed by atoms with Crippen LogP contribution in [0.3, 0.4) is 0 Å². The Morgan fingerprint density at radius 2 is 2.30 bits per heavy atom. The van der Waals surface area contributed by atoms with Gasteiger partial charge in [0.1, 0.15) is 0 Å². The van der Waals surface area contributed by atoms with Crippen molar-refractivity contribution >= 4 is 12.2 Å². The van der Waals surface area contributed by atoms with Gasteiger partial charge in [-0.3, -0.25) is 9.67 Å². The summed E-state index contributed by atoms with van der Waals surface area (Å²) in [5.74, 6) is 0. The maximum Gasteiger partial charge on any atom is 0.342 e. The third kappa shape index (κ3) is 1.18. The van der Waals surface area contributed by atoms with E-state index < -0.39 is 0 Å². The largest absolute Gasteiger partial charge is 0.342 e. The van der Waals surface area contributed by atoms with Gasteiger partial charge in [0.25, 0.3) is 0 Å². The summed E-state index contributed by atoms with van der Waals surface area (Å²) in [4.78, 5) is 10.8. The molecule has 0 saturated carbocycles. The number of hydrogen-bond acceptors (Lipinski definition) is 2. The van der Waals surface area contributed by atoms with Crippen LogP contribution in [0.15, 0.2) is 4.79 Å². The van der Waals surface area contributed by atoms with Gasteiger partial charge >= 0.3 is 5.69 Å². The highest BCUT2D eigenvalue weighted by Gasteiger charge is 1.95. The van der Waals surface area contributed by atoms with E-state index in [4.69, 9.17) is 12.2 Å². The lowest BCUT2D eigenvalue weighted by molar-refractivity contribution is 0.648. The maximum atomic E-state index is 10.8. The molecule has 1 aromatic heterocycles. The smallest absolute Gasteiger partial charge is 0.272 e. The van der Waals surface area contributed by atoms with Crippen LogP contribution in [0.4, 0.5) is 0 Å². The lowest BCUT2D eigenvalue weighted by Crippen LogP contribution is -2.16. The zero-order valence-electron chi connectivity index (χ0n) is 5.68. The van der Waals surface area contributed by atoms with Crippen molar-refractivity contribution in [3.05, 3.63) is 15.3 Å². The molecule has 10 heavy (non-hydrogen) atoms. The first-order valence-corrected chi connectivity index (χ1v) is 3.54. The molecule has 0 spiro atoms. The molecule has 0 saturated heterocycles. The van der Waals surface area contributed by atoms with E-state index in [1.165, 1.54) is 4.57 Å². The van der Waals surface area contributed by atoms with E-state index in [-0.39, 0.29) is 5.69 Å². The number of aromatic nitrogens is 3. The van der Waals surface area contributed by atoms with Crippen LogP contribution in [0.25, 0.3) is 0 Å². The van der Waals surface area contributed by atoms with Gasteiger partial charge in [-0.25, -0.2) is 9.89 Å². The van der Waals surface area contributed by atoms with Crippen molar-refractivity contribution < 1.29 is 0 Å². The second-order valence-corrected chi connectivity index (χ2v) is 2.40. The second-order valence-electron chi connectivity index (χ2n) is 2.01. The molecule has 1 heterocycles. The van der Waals surface area contributed by atoms with E-state index in [9.17, 15) is 4.79 Å². The van der Waals surface area contributed by atoms with Crippen molar-refractivity contribution in [3.8, 4) is 0 Å². The van der Waals surface area contributed by atoms with Crippen molar-refractivity contribution in [1.82, 2.24) is 14.8 Å². The van der Waals surface area contributed by atoms with E-state index in [1.807, 2.05) is 6.92 Å². The molecule has 0 atom stereocenters. The van der Waals surface area contributed by atoms with E-state index in [0.29, 0.717) is 11.3 Å². The number of aromatic amines is 2. The molecule has 0 aromatic carbocycles. The normalized spacial score (nSPS) is 10.1. The first-order chi connectivity index (χ1) is 4.75. The lowest BCUT2D eigenvalue weighted by Gasteiger charge is -1.92. The van der Waals surface area contributed by atoms with Gasteiger partial charge in [-0.05, 0) is 18.6 Å². The van der Waals surface area contributed by atoms with Gasteiger partial charge in [0.2, 0.25) is 0 Å². The van der Waals surface area contributed by atoms with Gasteiger partial charge in [0.15, 0.2) is 4.77 Å². The van der Waals surface area contributed by atoms with E-state index in [1.54, 1.807) is 0 Å². The zero-order valence-corrected chi connectivity index (χ0v) is 6.49. The molecule has 0 bridgehead atoms. The van der Waals surface area contributed by atoms with Crippen LogP contribution in [0.2, 0.25) is 0 Å². The molecule has 1 aromatic rings. The van der Waals surface area contributed by atoms with Crippen LogP contribution in [0.5, 0.6) is 0 Å². The molecule has 0 aliphatic heterocycles. The fourth-order valence-electron chi connectivity index (χ4n) is 0.761. The third-order valence-corrected chi connectivity index (χ3v) is 1.54. The standard InChI is InChI=1S/C5H9N3OS/c1-2-3-8-4(9)6-7-5(8)10/h2-3H2,1H3,(H,6,9)(H,7,10). The fraction of sp³-hybridized carbons (Fsp3) is 0.600. The maximum absolute atomic E-state index is 10.8. The molecular weight excluding hydrogens is 150 g/mol. The molecule has 56 valence electrons. The second kappa shape index (κ2) is 2.83. The van der Waals surface area contributed by atoms with Gasteiger partial charge in [-0.15, -0.1) is 0 Å². The van der Waals surface area contributed by atoms with Crippen molar-refractivity contribution in [3.63, 3.8) is 0 Å². The van der Waals surface area contributed by atoms with E-state index in [0.717, 1.165) is 6.42 Å². The predicted octanol–water partition coefficient (Wildman–Crippen LogP) is 0.644. The summed E-state index contributed by atoms with van der Waals surface area (Å²) in [6, 6.07) is 0. The first-order valence-electron chi connectivity index (χ1n) is 3.13. The molecular formula is C5H9N3OS. The Morgan fingerprint density at radius 3 is 2.70 bits per heavy atom. The molecule has 5 heteroatoms. The average Bonchev–Trinajstić information content (AvgIpc) is 2.20. The molecule has 0 radical (unpaired) electrons. The minimum absolute atomic E-state index is 0.160. The van der Waals surface area contributed by atoms with Gasteiger partial charge in [0.05, 0.1) is 0 Å². The molecule has 0 aliphatic rings. The Bertz CT molecular complexity index is 280. The quantitative estimate of drug-likeness (QED) is 0.622. The molecule has 0 amide bonds. The summed E-state index contributed by atoms with van der Waals surface area (Å²) < 4.78 is 1.96. The van der Waals surface area contributed by atoms with Crippen LogP contribution >= 0.6 is 12.2 Å². The number of nitrogens with zero attached hydrogens (tertiary/aromatic N) is 1. The summed E-state index contributed by atoms with van der Waals surface area (Å²) in [5, 5.41) is 4.96. The minimum Gasteiger partial charge on any atom is -0.272 e. The summed E-state index contributed by atoms with van der Waals surface area (Å²) in [5.41, 5.74) is -0.160. The van der Waals surface area contributed by atoms with Crippen LogP contribution < -0.4 is 5.69 Å². The summed E-state index contributed by atoms with van der Waals surface area (Å²) in [7, 11) is 0. The molecule has 0 fully saturated rings. The highest BCUT2D eigenvalue weighted by atomic mass is 32.1. The Morgan fingerprint density at radius 1 is 1.60 bits per heavy atom. The zero-order chi connectivity index (χ0) is 7.56. The Hall–Kier alpha value is -0.840. The van der Waals surface area contributed by atoms with Crippen molar-refractivity contribution in [2.45, 2.75) is 19.9 Å². The monoisotopic (exact) mass is 159 g/mol. The first kappa shape index (κ1) is 7.27. The van der Waals surface area contributed by atoms with Crippen LogP contribution in [0, 0.1) is 4.77 Å². The molecule has 1 rings (SSSR count). The van der Waals surface area contributed by atoms with E-state index >= 15 is 0 Å².